The van der Waals surface area contributed by atoms with Crippen LogP contribution in [0.25, 0.3) is 0 Å². The number of halogens is 1. The number of hydrogen-bond acceptors (Lipinski definition) is 4. The minimum absolute atomic E-state index is 0.101. The normalized spacial score (nSPS) is 10.3. The summed E-state index contributed by atoms with van der Waals surface area (Å²) in [5.41, 5.74) is 0.947. The highest BCUT2D eigenvalue weighted by Crippen LogP contribution is 2.19. The first-order valence-corrected chi connectivity index (χ1v) is 8.76. The Morgan fingerprint density at radius 2 is 1.70 bits per heavy atom. The number of pyridine rings is 1. The largest absolute Gasteiger partial charge is 0.497 e. The predicted octanol–water partition coefficient (Wildman–Crippen LogP) is 4.36. The van der Waals surface area contributed by atoms with Gasteiger partial charge in [0.05, 0.1) is 13.7 Å². The first-order chi connectivity index (χ1) is 13.2. The molecule has 6 heteroatoms. The van der Waals surface area contributed by atoms with Crippen LogP contribution in [-0.4, -0.2) is 24.6 Å². The zero-order chi connectivity index (χ0) is 19.1. The Labute approximate surface area is 163 Å². The number of aromatic nitrogens is 1. The maximum absolute atomic E-state index is 12.8. The molecule has 0 unspecified atom stereocenters. The number of ether oxygens (including phenoxy) is 2. The third kappa shape index (κ3) is 5.21. The third-order valence-electron chi connectivity index (χ3n) is 3.90. The SMILES string of the molecule is COc1ccc(OCC(=O)N(Cc2ccc(Cl)cc2)c2ccccn2)cc1. The van der Waals surface area contributed by atoms with Crippen molar-refractivity contribution in [2.24, 2.45) is 0 Å². The molecule has 1 amide bonds. The molecule has 27 heavy (non-hydrogen) atoms. The zero-order valence-electron chi connectivity index (χ0n) is 14.8. The van der Waals surface area contributed by atoms with E-state index in [0.29, 0.717) is 23.1 Å². The number of nitrogens with zero attached hydrogens (tertiary/aromatic N) is 2. The summed E-state index contributed by atoms with van der Waals surface area (Å²) in [6.07, 6.45) is 1.65. The van der Waals surface area contributed by atoms with Gasteiger partial charge in [0.15, 0.2) is 6.61 Å². The van der Waals surface area contributed by atoms with E-state index in [0.717, 1.165) is 11.3 Å². The van der Waals surface area contributed by atoms with E-state index < -0.39 is 0 Å². The monoisotopic (exact) mass is 382 g/mol. The summed E-state index contributed by atoms with van der Waals surface area (Å²) in [6.45, 7) is 0.273. The average molecular weight is 383 g/mol. The van der Waals surface area contributed by atoms with Gasteiger partial charge < -0.3 is 9.47 Å². The molecule has 0 saturated heterocycles. The Hall–Kier alpha value is -3.05. The van der Waals surface area contributed by atoms with Crippen molar-refractivity contribution in [1.82, 2.24) is 4.98 Å². The summed E-state index contributed by atoms with van der Waals surface area (Å²) in [4.78, 5) is 18.7. The molecule has 0 bridgehead atoms. The molecule has 0 atom stereocenters. The van der Waals surface area contributed by atoms with E-state index in [1.807, 2.05) is 24.3 Å². The second-order valence-corrected chi connectivity index (χ2v) is 6.19. The molecular formula is C21H19ClN2O3. The highest BCUT2D eigenvalue weighted by atomic mass is 35.5. The average Bonchev–Trinajstić information content (AvgIpc) is 2.72. The molecule has 3 aromatic rings. The number of rotatable bonds is 7. The second-order valence-electron chi connectivity index (χ2n) is 5.76. The van der Waals surface area contributed by atoms with Gasteiger partial charge in [-0.2, -0.15) is 0 Å². The molecule has 0 aliphatic heterocycles. The molecule has 0 fully saturated rings. The van der Waals surface area contributed by atoms with Crippen LogP contribution in [-0.2, 0) is 11.3 Å². The van der Waals surface area contributed by atoms with Crippen LogP contribution in [0, 0.1) is 0 Å². The molecule has 138 valence electrons. The van der Waals surface area contributed by atoms with Crippen molar-refractivity contribution in [2.45, 2.75) is 6.54 Å². The van der Waals surface area contributed by atoms with Gasteiger partial charge in [-0.3, -0.25) is 9.69 Å². The fourth-order valence-electron chi connectivity index (χ4n) is 2.48. The number of amides is 1. The second kappa shape index (κ2) is 9.05. The van der Waals surface area contributed by atoms with Crippen LogP contribution in [0.2, 0.25) is 5.02 Å². The first kappa shape index (κ1) is 18.7. The van der Waals surface area contributed by atoms with Crippen molar-refractivity contribution >= 4 is 23.3 Å². The van der Waals surface area contributed by atoms with Crippen LogP contribution in [0.1, 0.15) is 5.56 Å². The number of anilines is 1. The van der Waals surface area contributed by atoms with E-state index in [9.17, 15) is 4.79 Å². The van der Waals surface area contributed by atoms with Crippen LogP contribution < -0.4 is 14.4 Å². The maximum atomic E-state index is 12.8. The molecule has 2 aromatic carbocycles. The third-order valence-corrected chi connectivity index (χ3v) is 4.15. The van der Waals surface area contributed by atoms with Gasteiger partial charge in [0, 0.05) is 11.2 Å². The molecule has 0 saturated carbocycles. The quantitative estimate of drug-likeness (QED) is 0.609. The number of carbonyl (C=O) groups is 1. The smallest absolute Gasteiger partial charge is 0.266 e. The fraction of sp³-hybridized carbons (Fsp3) is 0.143. The van der Waals surface area contributed by atoms with E-state index in [1.165, 1.54) is 0 Å². The number of methoxy groups -OCH3 is 1. The summed E-state index contributed by atoms with van der Waals surface area (Å²) in [5, 5.41) is 0.650. The lowest BCUT2D eigenvalue weighted by Gasteiger charge is -2.22. The summed E-state index contributed by atoms with van der Waals surface area (Å²) < 4.78 is 10.7. The van der Waals surface area contributed by atoms with Gasteiger partial charge in [-0.15, -0.1) is 0 Å². The van der Waals surface area contributed by atoms with Gasteiger partial charge in [0.25, 0.3) is 5.91 Å². The Bertz CT molecular complexity index is 868. The van der Waals surface area contributed by atoms with Gasteiger partial charge in [-0.05, 0) is 54.1 Å². The Morgan fingerprint density at radius 3 is 2.33 bits per heavy atom. The predicted molar refractivity (Wildman–Crippen MR) is 105 cm³/mol. The molecular weight excluding hydrogens is 364 g/mol. The molecule has 5 nitrogen and oxygen atoms in total. The van der Waals surface area contributed by atoms with Crippen molar-refractivity contribution in [3.8, 4) is 11.5 Å². The Morgan fingerprint density at radius 1 is 1.00 bits per heavy atom. The van der Waals surface area contributed by atoms with Crippen molar-refractivity contribution in [3.63, 3.8) is 0 Å². The first-order valence-electron chi connectivity index (χ1n) is 8.38. The van der Waals surface area contributed by atoms with Crippen molar-refractivity contribution < 1.29 is 14.3 Å². The summed E-state index contributed by atoms with van der Waals surface area (Å²) >= 11 is 5.95. The maximum Gasteiger partial charge on any atom is 0.266 e. The van der Waals surface area contributed by atoms with Gasteiger partial charge in [0.2, 0.25) is 0 Å². The van der Waals surface area contributed by atoms with Gasteiger partial charge in [-0.1, -0.05) is 29.8 Å². The lowest BCUT2D eigenvalue weighted by molar-refractivity contribution is -0.120. The molecule has 3 rings (SSSR count). The fourth-order valence-corrected chi connectivity index (χ4v) is 2.60. The van der Waals surface area contributed by atoms with Crippen LogP contribution >= 0.6 is 11.6 Å². The van der Waals surface area contributed by atoms with Crippen LogP contribution in [0.4, 0.5) is 5.82 Å². The molecule has 0 aliphatic carbocycles. The zero-order valence-corrected chi connectivity index (χ0v) is 15.6. The highest BCUT2D eigenvalue weighted by molar-refractivity contribution is 6.30. The Balaban J connectivity index is 1.72. The highest BCUT2D eigenvalue weighted by Gasteiger charge is 2.18. The standard InChI is InChI=1S/C21H19ClN2O3/c1-26-18-9-11-19(12-10-18)27-15-21(25)24(20-4-2-3-13-23-20)14-16-5-7-17(22)8-6-16/h2-13H,14-15H2,1H3. The van der Waals surface area contributed by atoms with E-state index in [1.54, 1.807) is 60.7 Å². The van der Waals surface area contributed by atoms with Crippen molar-refractivity contribution in [3.05, 3.63) is 83.5 Å². The molecule has 0 spiro atoms. The van der Waals surface area contributed by atoms with Crippen molar-refractivity contribution in [1.29, 1.82) is 0 Å². The number of carbonyl (C=O) groups excluding carboxylic acids is 1. The van der Waals surface area contributed by atoms with E-state index in [2.05, 4.69) is 4.98 Å². The van der Waals surface area contributed by atoms with Crippen LogP contribution in [0.5, 0.6) is 11.5 Å². The molecule has 1 heterocycles. The van der Waals surface area contributed by atoms with Crippen LogP contribution in [0.15, 0.2) is 72.9 Å². The van der Waals surface area contributed by atoms with Gasteiger partial charge in [0.1, 0.15) is 17.3 Å². The minimum Gasteiger partial charge on any atom is -0.497 e. The van der Waals surface area contributed by atoms with E-state index in [-0.39, 0.29) is 12.5 Å². The number of hydrogen-bond donors (Lipinski definition) is 0. The van der Waals surface area contributed by atoms with Crippen molar-refractivity contribution in [2.75, 3.05) is 18.6 Å². The summed E-state index contributed by atoms with van der Waals surface area (Å²) in [5.74, 6) is 1.69. The topological polar surface area (TPSA) is 51.7 Å². The summed E-state index contributed by atoms with van der Waals surface area (Å²) in [7, 11) is 1.60. The minimum atomic E-state index is -0.195. The van der Waals surface area contributed by atoms with E-state index in [4.69, 9.17) is 21.1 Å². The molecule has 0 N–H and O–H groups in total. The lowest BCUT2D eigenvalue weighted by Crippen LogP contribution is -2.35. The van der Waals surface area contributed by atoms with E-state index >= 15 is 0 Å². The molecule has 0 aliphatic rings. The van der Waals surface area contributed by atoms with Crippen LogP contribution in [0.3, 0.4) is 0 Å². The lowest BCUT2D eigenvalue weighted by atomic mass is 10.2. The van der Waals surface area contributed by atoms with Gasteiger partial charge >= 0.3 is 0 Å². The summed E-state index contributed by atoms with van der Waals surface area (Å²) in [6, 6.07) is 19.9. The molecule has 1 aromatic heterocycles. The number of benzene rings is 2. The Kier molecular flexibility index (Phi) is 6.28. The molecule has 0 radical (unpaired) electrons. The van der Waals surface area contributed by atoms with Gasteiger partial charge in [-0.25, -0.2) is 4.98 Å².